The van der Waals surface area contributed by atoms with Gasteiger partial charge in [0.25, 0.3) is 0 Å². The second-order valence-corrected chi connectivity index (χ2v) is 7.12. The van der Waals surface area contributed by atoms with Gasteiger partial charge in [0.1, 0.15) is 0 Å². The molecule has 1 aromatic carbocycles. The molecule has 0 bridgehead atoms. The van der Waals surface area contributed by atoms with E-state index < -0.39 is 0 Å². The van der Waals surface area contributed by atoms with Crippen molar-refractivity contribution in [1.29, 1.82) is 0 Å². The molecule has 2 rings (SSSR count). The zero-order chi connectivity index (χ0) is 15.3. The van der Waals surface area contributed by atoms with E-state index in [1.807, 2.05) is 12.1 Å². The summed E-state index contributed by atoms with van der Waals surface area (Å²) in [7, 11) is 0. The minimum atomic E-state index is 0.328. The molecule has 0 amide bonds. The van der Waals surface area contributed by atoms with Gasteiger partial charge in [0.2, 0.25) is 0 Å². The Labute approximate surface area is 134 Å². The first-order valence-electron chi connectivity index (χ1n) is 7.94. The smallest absolute Gasteiger partial charge is 0.0426 e. The monoisotopic (exact) mass is 309 g/mol. The summed E-state index contributed by atoms with van der Waals surface area (Å²) in [5.41, 5.74) is 1.57. The summed E-state index contributed by atoms with van der Waals surface area (Å²) >= 11 is 6.08. The van der Waals surface area contributed by atoms with Crippen LogP contribution in [0.25, 0.3) is 0 Å². The van der Waals surface area contributed by atoms with Gasteiger partial charge in [0, 0.05) is 50.0 Å². The fourth-order valence-electron chi connectivity index (χ4n) is 2.96. The van der Waals surface area contributed by atoms with E-state index in [1.165, 1.54) is 5.69 Å². The molecule has 1 N–H and O–H groups in total. The largest absolute Gasteiger partial charge is 0.369 e. The number of hydrogen-bond acceptors (Lipinski definition) is 3. The molecule has 0 unspecified atom stereocenters. The molecule has 1 aliphatic rings. The molecule has 1 heterocycles. The zero-order valence-electron chi connectivity index (χ0n) is 13.5. The van der Waals surface area contributed by atoms with Crippen molar-refractivity contribution in [2.24, 2.45) is 5.41 Å². The fraction of sp³-hybridized carbons (Fsp3) is 0.647. The van der Waals surface area contributed by atoms with Crippen LogP contribution in [-0.4, -0.2) is 50.7 Å². The van der Waals surface area contributed by atoms with Crippen LogP contribution < -0.4 is 10.2 Å². The molecule has 0 aliphatic carbocycles. The van der Waals surface area contributed by atoms with Crippen molar-refractivity contribution in [2.45, 2.75) is 20.8 Å². The highest BCUT2D eigenvalue weighted by Crippen LogP contribution is 2.22. The van der Waals surface area contributed by atoms with Crippen LogP contribution in [0.2, 0.25) is 5.02 Å². The summed E-state index contributed by atoms with van der Waals surface area (Å²) < 4.78 is 0. The lowest BCUT2D eigenvalue weighted by atomic mass is 9.92. The molecule has 0 saturated carbocycles. The van der Waals surface area contributed by atoms with E-state index in [0.29, 0.717) is 5.41 Å². The van der Waals surface area contributed by atoms with Crippen LogP contribution in [0, 0.1) is 5.41 Å². The molecule has 0 aromatic heterocycles. The standard InChI is InChI=1S/C17H28ClN3/c1-4-19-13-17(2,3)14-20-8-10-21(11-9-20)16-7-5-6-15(18)12-16/h5-7,12,19H,4,8-11,13-14H2,1-3H3. The number of anilines is 1. The Balaban J connectivity index is 1.83. The quantitative estimate of drug-likeness (QED) is 0.871. The van der Waals surface area contributed by atoms with E-state index in [2.05, 4.69) is 48.0 Å². The Bertz CT molecular complexity index is 439. The molecule has 1 saturated heterocycles. The molecule has 3 nitrogen and oxygen atoms in total. The van der Waals surface area contributed by atoms with Crippen LogP contribution in [0.4, 0.5) is 5.69 Å². The third kappa shape index (κ3) is 5.17. The summed E-state index contributed by atoms with van der Waals surface area (Å²) in [6, 6.07) is 8.18. The van der Waals surface area contributed by atoms with Crippen LogP contribution in [0.3, 0.4) is 0 Å². The first-order valence-corrected chi connectivity index (χ1v) is 8.31. The lowest BCUT2D eigenvalue weighted by Crippen LogP contribution is -2.50. The van der Waals surface area contributed by atoms with Gasteiger partial charge in [0.05, 0.1) is 0 Å². The minimum absolute atomic E-state index is 0.328. The van der Waals surface area contributed by atoms with Gasteiger partial charge in [-0.3, -0.25) is 4.90 Å². The fourth-order valence-corrected chi connectivity index (χ4v) is 3.15. The van der Waals surface area contributed by atoms with Gasteiger partial charge in [-0.1, -0.05) is 38.4 Å². The van der Waals surface area contributed by atoms with Crippen LogP contribution in [0.15, 0.2) is 24.3 Å². The topological polar surface area (TPSA) is 18.5 Å². The highest BCUT2D eigenvalue weighted by Gasteiger charge is 2.24. The minimum Gasteiger partial charge on any atom is -0.369 e. The van der Waals surface area contributed by atoms with E-state index >= 15 is 0 Å². The maximum Gasteiger partial charge on any atom is 0.0426 e. The maximum atomic E-state index is 6.08. The van der Waals surface area contributed by atoms with E-state index in [0.717, 1.165) is 50.8 Å². The second-order valence-electron chi connectivity index (χ2n) is 6.69. The van der Waals surface area contributed by atoms with Crippen LogP contribution in [0.5, 0.6) is 0 Å². The number of nitrogens with one attached hydrogen (secondary N) is 1. The van der Waals surface area contributed by atoms with Gasteiger partial charge in [0.15, 0.2) is 0 Å². The Kier molecular flexibility index (Phi) is 5.91. The lowest BCUT2D eigenvalue weighted by molar-refractivity contribution is 0.167. The second kappa shape index (κ2) is 7.48. The summed E-state index contributed by atoms with van der Waals surface area (Å²) in [4.78, 5) is 5.01. The molecule has 4 heteroatoms. The zero-order valence-corrected chi connectivity index (χ0v) is 14.3. The van der Waals surface area contributed by atoms with Crippen molar-refractivity contribution in [3.8, 4) is 0 Å². The lowest BCUT2D eigenvalue weighted by Gasteiger charge is -2.40. The number of benzene rings is 1. The number of rotatable bonds is 6. The first-order chi connectivity index (χ1) is 10.00. The molecular weight excluding hydrogens is 282 g/mol. The van der Waals surface area contributed by atoms with Gasteiger partial charge >= 0.3 is 0 Å². The maximum absolute atomic E-state index is 6.08. The third-order valence-corrected chi connectivity index (χ3v) is 4.29. The number of halogens is 1. The van der Waals surface area contributed by atoms with Crippen molar-refractivity contribution in [2.75, 3.05) is 50.7 Å². The molecular formula is C17H28ClN3. The summed E-state index contributed by atoms with van der Waals surface area (Å²) in [5, 5.41) is 4.29. The molecule has 21 heavy (non-hydrogen) atoms. The highest BCUT2D eigenvalue weighted by molar-refractivity contribution is 6.30. The van der Waals surface area contributed by atoms with Crippen molar-refractivity contribution in [3.05, 3.63) is 29.3 Å². The Morgan fingerprint density at radius 3 is 2.52 bits per heavy atom. The average molecular weight is 310 g/mol. The Hall–Kier alpha value is -0.770. The van der Waals surface area contributed by atoms with E-state index in [9.17, 15) is 0 Å². The van der Waals surface area contributed by atoms with Crippen molar-refractivity contribution < 1.29 is 0 Å². The van der Waals surface area contributed by atoms with Crippen molar-refractivity contribution in [1.82, 2.24) is 10.2 Å². The Morgan fingerprint density at radius 1 is 1.19 bits per heavy atom. The molecule has 0 atom stereocenters. The number of piperazine rings is 1. The molecule has 0 radical (unpaired) electrons. The van der Waals surface area contributed by atoms with Gasteiger partial charge in [-0.25, -0.2) is 0 Å². The van der Waals surface area contributed by atoms with Crippen molar-refractivity contribution >= 4 is 17.3 Å². The summed E-state index contributed by atoms with van der Waals surface area (Å²) in [6.07, 6.45) is 0. The van der Waals surface area contributed by atoms with Crippen LogP contribution >= 0.6 is 11.6 Å². The van der Waals surface area contributed by atoms with E-state index in [-0.39, 0.29) is 0 Å². The van der Waals surface area contributed by atoms with Gasteiger partial charge < -0.3 is 10.2 Å². The first kappa shape index (κ1) is 16.6. The van der Waals surface area contributed by atoms with Crippen molar-refractivity contribution in [3.63, 3.8) is 0 Å². The molecule has 1 fully saturated rings. The molecule has 1 aliphatic heterocycles. The van der Waals surface area contributed by atoms with Crippen LogP contribution in [0.1, 0.15) is 20.8 Å². The molecule has 1 aromatic rings. The normalized spacial score (nSPS) is 17.2. The SMILES string of the molecule is CCNCC(C)(C)CN1CCN(c2cccc(Cl)c2)CC1. The van der Waals surface area contributed by atoms with Gasteiger partial charge in [-0.05, 0) is 30.2 Å². The van der Waals surface area contributed by atoms with E-state index in [4.69, 9.17) is 11.6 Å². The highest BCUT2D eigenvalue weighted by atomic mass is 35.5. The van der Waals surface area contributed by atoms with Gasteiger partial charge in [-0.2, -0.15) is 0 Å². The summed E-state index contributed by atoms with van der Waals surface area (Å²) in [6.45, 7) is 14.6. The predicted octanol–water partition coefficient (Wildman–Crippen LogP) is 3.10. The molecule has 0 spiro atoms. The summed E-state index contributed by atoms with van der Waals surface area (Å²) in [5.74, 6) is 0. The third-order valence-electron chi connectivity index (χ3n) is 4.05. The van der Waals surface area contributed by atoms with Crippen LogP contribution in [-0.2, 0) is 0 Å². The van der Waals surface area contributed by atoms with E-state index in [1.54, 1.807) is 0 Å². The predicted molar refractivity (Wildman–Crippen MR) is 92.4 cm³/mol. The molecule has 118 valence electrons. The number of hydrogen-bond donors (Lipinski definition) is 1. The number of nitrogens with zero attached hydrogens (tertiary/aromatic N) is 2. The van der Waals surface area contributed by atoms with Gasteiger partial charge in [-0.15, -0.1) is 0 Å². The average Bonchev–Trinajstić information content (AvgIpc) is 2.46. The Morgan fingerprint density at radius 2 is 1.90 bits per heavy atom.